The molecule has 0 aliphatic rings. The summed E-state index contributed by atoms with van der Waals surface area (Å²) < 4.78 is 11.0. The molecule has 0 aromatic heterocycles. The van der Waals surface area contributed by atoms with E-state index >= 15 is 0 Å². The van der Waals surface area contributed by atoms with E-state index in [0.29, 0.717) is 29.6 Å². The van der Waals surface area contributed by atoms with Crippen molar-refractivity contribution in [2.75, 3.05) is 19.8 Å². The van der Waals surface area contributed by atoms with Gasteiger partial charge in [-0.1, -0.05) is 27.7 Å². The van der Waals surface area contributed by atoms with Crippen molar-refractivity contribution in [3.05, 3.63) is 23.8 Å². The van der Waals surface area contributed by atoms with Crippen LogP contribution in [-0.2, 0) is 0 Å². The van der Waals surface area contributed by atoms with E-state index in [1.165, 1.54) is 0 Å². The van der Waals surface area contributed by atoms with E-state index < -0.39 is 0 Å². The number of ether oxygens (including phenoxy) is 2. The zero-order chi connectivity index (χ0) is 15.5. The lowest BCUT2D eigenvalue weighted by atomic mass is 10.2. The molecule has 1 rings (SSSR count). The molecular weight excluding hydrogens is 256 g/mol. The van der Waals surface area contributed by atoms with Gasteiger partial charge < -0.3 is 20.3 Å². The zero-order valence-corrected chi connectivity index (χ0v) is 12.8. The van der Waals surface area contributed by atoms with Crippen LogP contribution >= 0.6 is 0 Å². The minimum atomic E-state index is -0.0755. The molecule has 0 saturated heterocycles. The lowest BCUT2D eigenvalue weighted by molar-refractivity contribution is 0.190. The van der Waals surface area contributed by atoms with E-state index in [1.807, 2.05) is 13.8 Å². The van der Waals surface area contributed by atoms with Crippen molar-refractivity contribution >= 4 is 5.84 Å². The number of nitrogens with one attached hydrogen (secondary N) is 1. The van der Waals surface area contributed by atoms with Gasteiger partial charge in [-0.15, -0.1) is 0 Å². The summed E-state index contributed by atoms with van der Waals surface area (Å²) in [4.78, 5) is 0. The molecule has 0 heterocycles. The van der Waals surface area contributed by atoms with E-state index in [-0.39, 0.29) is 19.0 Å². The van der Waals surface area contributed by atoms with Crippen LogP contribution in [-0.4, -0.2) is 30.8 Å². The van der Waals surface area contributed by atoms with Crippen molar-refractivity contribution in [3.8, 4) is 11.5 Å². The Morgan fingerprint density at radius 3 is 2.40 bits per heavy atom. The molecular formula is C15H26N2O3. The van der Waals surface area contributed by atoms with E-state index in [2.05, 4.69) is 13.8 Å². The molecule has 1 aromatic rings. The van der Waals surface area contributed by atoms with Gasteiger partial charge in [0.2, 0.25) is 0 Å². The van der Waals surface area contributed by atoms with Crippen molar-refractivity contribution in [3.63, 3.8) is 0 Å². The zero-order valence-electron chi connectivity index (χ0n) is 12.8. The number of rotatable bonds is 7. The van der Waals surface area contributed by atoms with Gasteiger partial charge in [0, 0.05) is 5.56 Å². The lowest BCUT2D eigenvalue weighted by Gasteiger charge is -2.14. The number of nitrogens with two attached hydrogens (primary N) is 1. The Morgan fingerprint density at radius 1 is 1.25 bits per heavy atom. The van der Waals surface area contributed by atoms with Gasteiger partial charge in [-0.2, -0.15) is 0 Å². The standard InChI is InChI=1S/C13H20N2O3.C2H6/c1-9(2)8-18-11-4-3-10(13(14)15)7-12(11)17-6-5-16;1-2/h3-4,7,9,16H,5-6,8H2,1-2H3,(H3,14,15);1-2H3. The third-order valence-corrected chi connectivity index (χ3v) is 2.18. The van der Waals surface area contributed by atoms with Crippen molar-refractivity contribution in [2.24, 2.45) is 11.7 Å². The monoisotopic (exact) mass is 282 g/mol. The van der Waals surface area contributed by atoms with E-state index in [9.17, 15) is 0 Å². The first-order valence-corrected chi connectivity index (χ1v) is 6.89. The Kier molecular flexibility index (Phi) is 9.20. The predicted molar refractivity (Wildman–Crippen MR) is 81.7 cm³/mol. The number of benzene rings is 1. The van der Waals surface area contributed by atoms with Crippen LogP contribution < -0.4 is 15.2 Å². The molecule has 0 spiro atoms. The van der Waals surface area contributed by atoms with Crippen LogP contribution in [0.4, 0.5) is 0 Å². The summed E-state index contributed by atoms with van der Waals surface area (Å²) in [7, 11) is 0. The number of nitrogen functional groups attached to an aromatic ring is 1. The molecule has 5 heteroatoms. The largest absolute Gasteiger partial charge is 0.489 e. The first-order chi connectivity index (χ1) is 9.54. The molecule has 114 valence electrons. The summed E-state index contributed by atoms with van der Waals surface area (Å²) in [5.74, 6) is 1.47. The number of aliphatic hydroxyl groups excluding tert-OH is 1. The quantitative estimate of drug-likeness (QED) is 0.529. The molecule has 5 nitrogen and oxygen atoms in total. The molecule has 0 aliphatic heterocycles. The molecule has 0 unspecified atom stereocenters. The molecule has 0 radical (unpaired) electrons. The maximum Gasteiger partial charge on any atom is 0.162 e. The highest BCUT2D eigenvalue weighted by atomic mass is 16.5. The predicted octanol–water partition coefficient (Wildman–Crippen LogP) is 2.40. The second-order valence-corrected chi connectivity index (χ2v) is 4.35. The Balaban J connectivity index is 0.00000172. The van der Waals surface area contributed by atoms with Crippen LogP contribution in [0.25, 0.3) is 0 Å². The summed E-state index contributed by atoms with van der Waals surface area (Å²) in [6.07, 6.45) is 0. The maximum absolute atomic E-state index is 8.78. The minimum absolute atomic E-state index is 0.0285. The first-order valence-electron chi connectivity index (χ1n) is 6.89. The Bertz CT molecular complexity index is 406. The van der Waals surface area contributed by atoms with Gasteiger partial charge in [0.25, 0.3) is 0 Å². The second-order valence-electron chi connectivity index (χ2n) is 4.35. The molecule has 4 N–H and O–H groups in total. The molecule has 0 aliphatic carbocycles. The maximum atomic E-state index is 8.78. The second kappa shape index (κ2) is 10.1. The average molecular weight is 282 g/mol. The normalized spacial score (nSPS) is 9.70. The van der Waals surface area contributed by atoms with Crippen molar-refractivity contribution in [1.29, 1.82) is 5.41 Å². The van der Waals surface area contributed by atoms with Gasteiger partial charge in [-0.05, 0) is 24.1 Å². The highest BCUT2D eigenvalue weighted by Gasteiger charge is 2.09. The summed E-state index contributed by atoms with van der Waals surface area (Å²) in [6, 6.07) is 5.09. The van der Waals surface area contributed by atoms with E-state index in [0.717, 1.165) is 0 Å². The Hall–Kier alpha value is -1.75. The number of amidine groups is 1. The van der Waals surface area contributed by atoms with Crippen LogP contribution in [0.1, 0.15) is 33.3 Å². The summed E-state index contributed by atoms with van der Waals surface area (Å²) >= 11 is 0. The van der Waals surface area contributed by atoms with Gasteiger partial charge >= 0.3 is 0 Å². The summed E-state index contributed by atoms with van der Waals surface area (Å²) in [5, 5.41) is 16.2. The van der Waals surface area contributed by atoms with Crippen LogP contribution in [0.3, 0.4) is 0 Å². The SMILES string of the molecule is CC.CC(C)COc1ccc(C(=N)N)cc1OCCO. The van der Waals surface area contributed by atoms with Crippen molar-refractivity contribution < 1.29 is 14.6 Å². The number of hydrogen-bond donors (Lipinski definition) is 3. The molecule has 0 bridgehead atoms. The third kappa shape index (κ3) is 6.43. The van der Waals surface area contributed by atoms with Gasteiger partial charge in [0.1, 0.15) is 12.4 Å². The topological polar surface area (TPSA) is 88.6 Å². The van der Waals surface area contributed by atoms with Gasteiger partial charge in [0.15, 0.2) is 11.5 Å². The number of aliphatic hydroxyl groups is 1. The van der Waals surface area contributed by atoms with E-state index in [1.54, 1.807) is 18.2 Å². The van der Waals surface area contributed by atoms with Crippen LogP contribution in [0.2, 0.25) is 0 Å². The van der Waals surface area contributed by atoms with Gasteiger partial charge in [0.05, 0.1) is 13.2 Å². The fourth-order valence-electron chi connectivity index (χ4n) is 1.32. The van der Waals surface area contributed by atoms with Crippen molar-refractivity contribution in [1.82, 2.24) is 0 Å². The van der Waals surface area contributed by atoms with Crippen LogP contribution in [0, 0.1) is 11.3 Å². The van der Waals surface area contributed by atoms with Crippen LogP contribution in [0.5, 0.6) is 11.5 Å². The smallest absolute Gasteiger partial charge is 0.162 e. The molecule has 1 aromatic carbocycles. The Morgan fingerprint density at radius 2 is 1.90 bits per heavy atom. The highest BCUT2D eigenvalue weighted by molar-refractivity contribution is 5.95. The summed E-state index contributed by atoms with van der Waals surface area (Å²) in [6.45, 7) is 8.79. The molecule has 0 amide bonds. The fraction of sp³-hybridized carbons (Fsp3) is 0.533. The summed E-state index contributed by atoms with van der Waals surface area (Å²) in [5.41, 5.74) is 5.99. The van der Waals surface area contributed by atoms with Gasteiger partial charge in [-0.25, -0.2) is 0 Å². The lowest BCUT2D eigenvalue weighted by Crippen LogP contribution is -2.13. The van der Waals surface area contributed by atoms with Gasteiger partial charge in [-0.3, -0.25) is 5.41 Å². The molecule has 20 heavy (non-hydrogen) atoms. The molecule has 0 fully saturated rings. The number of hydrogen-bond acceptors (Lipinski definition) is 4. The average Bonchev–Trinajstić information content (AvgIpc) is 2.45. The van der Waals surface area contributed by atoms with Crippen molar-refractivity contribution in [2.45, 2.75) is 27.7 Å². The highest BCUT2D eigenvalue weighted by Crippen LogP contribution is 2.28. The molecule has 0 atom stereocenters. The fourth-order valence-corrected chi connectivity index (χ4v) is 1.32. The minimum Gasteiger partial charge on any atom is -0.489 e. The molecule has 0 saturated carbocycles. The van der Waals surface area contributed by atoms with Crippen LogP contribution in [0.15, 0.2) is 18.2 Å². The first kappa shape index (κ1) is 18.2. The third-order valence-electron chi connectivity index (χ3n) is 2.18. The van der Waals surface area contributed by atoms with E-state index in [4.69, 9.17) is 25.7 Å². The Labute approximate surface area is 121 Å².